The predicted octanol–water partition coefficient (Wildman–Crippen LogP) is 3.17. The van der Waals surface area contributed by atoms with Crippen molar-refractivity contribution in [3.63, 3.8) is 0 Å². The Kier molecular flexibility index (Phi) is 6.45. The van der Waals surface area contributed by atoms with Gasteiger partial charge in [0.25, 0.3) is 0 Å². The normalized spacial score (nSPS) is 15.2. The number of benzene rings is 2. The molecule has 3 aromatic rings. The van der Waals surface area contributed by atoms with Crippen LogP contribution in [0.4, 0.5) is 4.39 Å². The lowest BCUT2D eigenvalue weighted by molar-refractivity contribution is -0.131. The first-order valence-electron chi connectivity index (χ1n) is 9.90. The summed E-state index contributed by atoms with van der Waals surface area (Å²) in [5.74, 6) is -0.413. The fourth-order valence-electron chi connectivity index (χ4n) is 3.47. The van der Waals surface area contributed by atoms with E-state index in [0.717, 1.165) is 16.1 Å². The maximum atomic E-state index is 13.1. The lowest BCUT2D eigenvalue weighted by Gasteiger charge is -2.34. The van der Waals surface area contributed by atoms with Gasteiger partial charge in [-0.3, -0.25) is 4.79 Å². The zero-order valence-corrected chi connectivity index (χ0v) is 18.4. The number of aromatic nitrogens is 1. The largest absolute Gasteiger partial charge is 0.340 e. The fourth-order valence-corrected chi connectivity index (χ4v) is 5.81. The molecule has 1 saturated heterocycles. The average Bonchev–Trinajstić information content (AvgIpc) is 3.23. The molecule has 2 aromatic carbocycles. The van der Waals surface area contributed by atoms with Gasteiger partial charge in [-0.2, -0.15) is 4.31 Å². The molecule has 0 N–H and O–H groups in total. The van der Waals surface area contributed by atoms with Gasteiger partial charge in [0, 0.05) is 37.1 Å². The van der Waals surface area contributed by atoms with Crippen LogP contribution in [0.25, 0.3) is 10.6 Å². The molecule has 1 fully saturated rings. The highest BCUT2D eigenvalue weighted by atomic mass is 32.2. The first kappa shape index (κ1) is 21.6. The molecule has 1 aliphatic heterocycles. The van der Waals surface area contributed by atoms with Gasteiger partial charge in [-0.15, -0.1) is 11.3 Å². The van der Waals surface area contributed by atoms with E-state index in [1.807, 2.05) is 23.6 Å². The number of nitrogens with zero attached hydrogens (tertiary/aromatic N) is 3. The third kappa shape index (κ3) is 5.36. The van der Waals surface area contributed by atoms with Gasteiger partial charge >= 0.3 is 0 Å². The highest BCUT2D eigenvalue weighted by Gasteiger charge is 2.29. The van der Waals surface area contributed by atoms with Crippen LogP contribution in [0.1, 0.15) is 11.3 Å². The van der Waals surface area contributed by atoms with E-state index in [1.165, 1.54) is 27.8 Å². The smallest absolute Gasteiger partial charge is 0.228 e. The zero-order chi connectivity index (χ0) is 21.8. The van der Waals surface area contributed by atoms with Gasteiger partial charge in [-0.1, -0.05) is 30.3 Å². The second-order valence-electron chi connectivity index (χ2n) is 7.35. The van der Waals surface area contributed by atoms with Crippen molar-refractivity contribution in [2.75, 3.05) is 26.2 Å². The molecule has 0 unspecified atom stereocenters. The molecule has 31 heavy (non-hydrogen) atoms. The van der Waals surface area contributed by atoms with Crippen molar-refractivity contribution in [2.45, 2.75) is 12.2 Å². The van der Waals surface area contributed by atoms with E-state index < -0.39 is 10.0 Å². The minimum Gasteiger partial charge on any atom is -0.340 e. The van der Waals surface area contributed by atoms with Crippen LogP contribution in [0.3, 0.4) is 0 Å². The van der Waals surface area contributed by atoms with Crippen LogP contribution in [-0.4, -0.2) is 54.7 Å². The van der Waals surface area contributed by atoms with Crippen LogP contribution in [0.15, 0.2) is 60.0 Å². The molecule has 1 aromatic heterocycles. The molecule has 1 aliphatic rings. The Morgan fingerprint density at radius 1 is 1.00 bits per heavy atom. The van der Waals surface area contributed by atoms with Crippen molar-refractivity contribution in [1.82, 2.24) is 14.2 Å². The van der Waals surface area contributed by atoms with Crippen LogP contribution in [0.5, 0.6) is 0 Å². The van der Waals surface area contributed by atoms with Gasteiger partial charge in [0.1, 0.15) is 10.8 Å². The first-order valence-corrected chi connectivity index (χ1v) is 12.4. The van der Waals surface area contributed by atoms with Gasteiger partial charge < -0.3 is 4.90 Å². The molecule has 1 amide bonds. The molecule has 0 spiro atoms. The number of sulfonamides is 1. The highest BCUT2D eigenvalue weighted by Crippen LogP contribution is 2.24. The molecular formula is C22H22FN3O3S2. The number of piperazine rings is 1. The molecule has 0 bridgehead atoms. The number of amides is 1. The summed E-state index contributed by atoms with van der Waals surface area (Å²) in [7, 11) is -3.42. The van der Waals surface area contributed by atoms with E-state index in [0.29, 0.717) is 31.9 Å². The van der Waals surface area contributed by atoms with Gasteiger partial charge in [0.05, 0.1) is 17.9 Å². The Bertz CT molecular complexity index is 1140. The van der Waals surface area contributed by atoms with Gasteiger partial charge in [0.2, 0.25) is 15.9 Å². The Morgan fingerprint density at radius 2 is 1.68 bits per heavy atom. The van der Waals surface area contributed by atoms with Gasteiger partial charge in [-0.25, -0.2) is 17.8 Å². The Hall–Kier alpha value is -2.62. The molecule has 162 valence electrons. The topological polar surface area (TPSA) is 70.6 Å². The number of carbonyl (C=O) groups excluding carboxylic acids is 1. The Balaban J connectivity index is 1.32. The van der Waals surface area contributed by atoms with Crippen molar-refractivity contribution in [3.05, 3.63) is 77.1 Å². The van der Waals surface area contributed by atoms with Crippen LogP contribution in [-0.2, 0) is 27.0 Å². The lowest BCUT2D eigenvalue weighted by Crippen LogP contribution is -2.51. The van der Waals surface area contributed by atoms with Crippen LogP contribution in [0.2, 0.25) is 0 Å². The van der Waals surface area contributed by atoms with Crippen LogP contribution < -0.4 is 0 Å². The summed E-state index contributed by atoms with van der Waals surface area (Å²) >= 11 is 1.41. The number of hydrogen-bond acceptors (Lipinski definition) is 5. The van der Waals surface area contributed by atoms with Crippen molar-refractivity contribution in [1.29, 1.82) is 0 Å². The minimum absolute atomic E-state index is 0.0349. The SMILES string of the molecule is O=C(Cc1csc(-c2ccc(F)cc2)n1)N1CCN(S(=O)(=O)Cc2ccccc2)CC1. The lowest BCUT2D eigenvalue weighted by atomic mass is 10.2. The highest BCUT2D eigenvalue weighted by molar-refractivity contribution is 7.88. The zero-order valence-electron chi connectivity index (χ0n) is 16.8. The summed E-state index contributed by atoms with van der Waals surface area (Å²) in [5.41, 5.74) is 2.22. The van der Waals surface area contributed by atoms with Crippen LogP contribution in [0, 0.1) is 5.82 Å². The van der Waals surface area contributed by atoms with Gasteiger partial charge in [0.15, 0.2) is 0 Å². The van der Waals surface area contributed by atoms with E-state index >= 15 is 0 Å². The first-order chi connectivity index (χ1) is 14.9. The number of halogens is 1. The number of hydrogen-bond donors (Lipinski definition) is 0. The average molecular weight is 460 g/mol. The number of rotatable bonds is 6. The molecule has 0 atom stereocenters. The molecule has 0 saturated carbocycles. The number of thiazole rings is 1. The quantitative estimate of drug-likeness (QED) is 0.568. The summed E-state index contributed by atoms with van der Waals surface area (Å²) in [5, 5.41) is 2.57. The maximum absolute atomic E-state index is 13.1. The van der Waals surface area contributed by atoms with E-state index in [4.69, 9.17) is 0 Å². The molecule has 4 rings (SSSR count). The van der Waals surface area contributed by atoms with E-state index in [1.54, 1.807) is 29.2 Å². The fraction of sp³-hybridized carbons (Fsp3) is 0.273. The van der Waals surface area contributed by atoms with Crippen LogP contribution >= 0.6 is 11.3 Å². The second-order valence-corrected chi connectivity index (χ2v) is 10.2. The summed E-state index contributed by atoms with van der Waals surface area (Å²) in [6, 6.07) is 15.2. The third-order valence-corrected chi connectivity index (χ3v) is 7.94. The molecule has 0 radical (unpaired) electrons. The van der Waals surface area contributed by atoms with Crippen molar-refractivity contribution in [3.8, 4) is 10.6 Å². The van der Waals surface area contributed by atoms with E-state index in [9.17, 15) is 17.6 Å². The van der Waals surface area contributed by atoms with E-state index in [2.05, 4.69) is 4.98 Å². The Morgan fingerprint density at radius 3 is 2.35 bits per heavy atom. The number of carbonyl (C=O) groups is 1. The third-order valence-electron chi connectivity index (χ3n) is 5.15. The maximum Gasteiger partial charge on any atom is 0.228 e. The molecule has 2 heterocycles. The predicted molar refractivity (Wildman–Crippen MR) is 118 cm³/mol. The summed E-state index contributed by atoms with van der Waals surface area (Å²) < 4.78 is 39.9. The molecule has 0 aliphatic carbocycles. The summed E-state index contributed by atoms with van der Waals surface area (Å²) in [6.07, 6.45) is 0.161. The van der Waals surface area contributed by atoms with Crippen molar-refractivity contribution < 1.29 is 17.6 Å². The summed E-state index contributed by atoms with van der Waals surface area (Å²) in [4.78, 5) is 18.9. The molecular weight excluding hydrogens is 437 g/mol. The van der Waals surface area contributed by atoms with E-state index in [-0.39, 0.29) is 23.9 Å². The standard InChI is InChI=1S/C22H22FN3O3S2/c23-19-8-6-18(7-9-19)22-24-20(15-30-22)14-21(27)25-10-12-26(13-11-25)31(28,29)16-17-4-2-1-3-5-17/h1-9,15H,10-14,16H2. The monoisotopic (exact) mass is 459 g/mol. The van der Waals surface area contributed by atoms with Gasteiger partial charge in [-0.05, 0) is 29.8 Å². The van der Waals surface area contributed by atoms with Crippen molar-refractivity contribution in [2.24, 2.45) is 0 Å². The molecule has 6 nitrogen and oxygen atoms in total. The Labute approximate surface area is 185 Å². The van der Waals surface area contributed by atoms with Crippen molar-refractivity contribution >= 4 is 27.3 Å². The second kappa shape index (κ2) is 9.25. The molecule has 9 heteroatoms. The minimum atomic E-state index is -3.42. The summed E-state index contributed by atoms with van der Waals surface area (Å²) in [6.45, 7) is 1.31.